The minimum absolute atomic E-state index is 0.869. The molecule has 0 N–H and O–H groups in total. The Morgan fingerprint density at radius 2 is 2.07 bits per heavy atom. The highest BCUT2D eigenvalue weighted by molar-refractivity contribution is 9.10. The number of aliphatic imine (C=N–C) groups is 1. The maximum atomic E-state index is 5.34. The lowest BCUT2D eigenvalue weighted by Crippen LogP contribution is -1.95. The molecule has 0 bridgehead atoms. The van der Waals surface area contributed by atoms with E-state index in [0.717, 1.165) is 26.7 Å². The van der Waals surface area contributed by atoms with Gasteiger partial charge in [-0.1, -0.05) is 28.1 Å². The Morgan fingerprint density at radius 3 is 3.00 bits per heavy atom. The number of ether oxygens (including phenoxy) is 1. The summed E-state index contributed by atoms with van der Waals surface area (Å²) in [6, 6.07) is 9.96. The van der Waals surface area contributed by atoms with E-state index in [9.17, 15) is 0 Å². The summed E-state index contributed by atoms with van der Waals surface area (Å²) in [5.74, 6) is 0.869. The van der Waals surface area contributed by atoms with E-state index < -0.39 is 0 Å². The van der Waals surface area contributed by atoms with Gasteiger partial charge in [-0.05, 0) is 18.2 Å². The Morgan fingerprint density at radius 1 is 1.14 bits per heavy atom. The highest BCUT2D eigenvalue weighted by Crippen LogP contribution is 2.39. The van der Waals surface area contributed by atoms with Gasteiger partial charge in [0.05, 0.1) is 11.1 Å². The third-order valence-electron chi connectivity index (χ3n) is 2.30. The fourth-order valence-electron chi connectivity index (χ4n) is 1.67. The number of rotatable bonds is 0. The highest BCUT2D eigenvalue weighted by atomic mass is 79.9. The van der Waals surface area contributed by atoms with Crippen LogP contribution < -0.4 is 4.74 Å². The van der Waals surface area contributed by atoms with E-state index >= 15 is 0 Å². The second-order valence-corrected chi connectivity index (χ2v) is 3.95. The van der Waals surface area contributed by atoms with Crippen LogP contribution in [-0.4, -0.2) is 6.40 Å². The number of hydrogen-bond donors (Lipinski definition) is 0. The van der Waals surface area contributed by atoms with Gasteiger partial charge in [0, 0.05) is 9.86 Å². The molecule has 3 rings (SSSR count). The average Bonchev–Trinajstić information content (AvgIpc) is 2.24. The molecule has 2 aromatic rings. The summed E-state index contributed by atoms with van der Waals surface area (Å²) in [4.78, 5) is 4.18. The number of nitrogens with zero attached hydrogens (tertiary/aromatic N) is 1. The predicted octanol–water partition coefficient (Wildman–Crippen LogP) is 3.65. The van der Waals surface area contributed by atoms with Crippen LogP contribution in [0, 0.1) is 0 Å². The largest absolute Gasteiger partial charge is 0.445 e. The Kier molecular flexibility index (Phi) is 1.61. The Bertz CT molecular complexity index is 548. The lowest BCUT2D eigenvalue weighted by atomic mass is 10.1. The fraction of sp³-hybridized carbons (Fsp3) is 0. The normalized spacial score (nSPS) is 12.9. The van der Waals surface area contributed by atoms with Crippen LogP contribution in [0.3, 0.4) is 0 Å². The van der Waals surface area contributed by atoms with E-state index in [4.69, 9.17) is 4.74 Å². The van der Waals surface area contributed by atoms with Crippen LogP contribution in [0.15, 0.2) is 39.8 Å². The van der Waals surface area contributed by atoms with E-state index in [0.29, 0.717) is 0 Å². The molecule has 0 fully saturated rings. The zero-order valence-electron chi connectivity index (χ0n) is 7.20. The molecule has 2 aromatic carbocycles. The zero-order chi connectivity index (χ0) is 9.54. The molecule has 68 valence electrons. The smallest absolute Gasteiger partial charge is 0.181 e. The van der Waals surface area contributed by atoms with Crippen molar-refractivity contribution < 1.29 is 4.74 Å². The van der Waals surface area contributed by atoms with E-state index in [1.165, 1.54) is 6.40 Å². The number of hydrogen-bond acceptors (Lipinski definition) is 2. The molecule has 2 nitrogen and oxygen atoms in total. The van der Waals surface area contributed by atoms with Gasteiger partial charge < -0.3 is 4.74 Å². The molecule has 1 aliphatic heterocycles. The van der Waals surface area contributed by atoms with Crippen LogP contribution >= 0.6 is 15.9 Å². The molecular formula is C11H6BrNO. The van der Waals surface area contributed by atoms with Crippen molar-refractivity contribution in [2.24, 2.45) is 4.99 Å². The second-order valence-electron chi connectivity index (χ2n) is 3.10. The molecule has 1 heterocycles. The highest BCUT2D eigenvalue weighted by Gasteiger charge is 2.11. The minimum Gasteiger partial charge on any atom is -0.445 e. The Labute approximate surface area is 89.3 Å². The van der Waals surface area contributed by atoms with Gasteiger partial charge in [-0.2, -0.15) is 0 Å². The first kappa shape index (κ1) is 8.00. The third kappa shape index (κ3) is 0.990. The van der Waals surface area contributed by atoms with Gasteiger partial charge in [-0.25, -0.2) is 4.99 Å². The minimum atomic E-state index is 0.869. The quantitative estimate of drug-likeness (QED) is 0.697. The van der Waals surface area contributed by atoms with Gasteiger partial charge in [-0.3, -0.25) is 0 Å². The van der Waals surface area contributed by atoms with Crippen molar-refractivity contribution in [1.29, 1.82) is 0 Å². The molecule has 1 aliphatic rings. The summed E-state index contributed by atoms with van der Waals surface area (Å²) in [7, 11) is 0. The van der Waals surface area contributed by atoms with Crippen LogP contribution in [0.2, 0.25) is 0 Å². The summed E-state index contributed by atoms with van der Waals surface area (Å²) in [5, 5.41) is 2.21. The third-order valence-corrected chi connectivity index (χ3v) is 2.99. The van der Waals surface area contributed by atoms with Gasteiger partial charge in [0.1, 0.15) is 5.75 Å². The lowest BCUT2D eigenvalue weighted by molar-refractivity contribution is 0.577. The fourth-order valence-corrected chi connectivity index (χ4v) is 2.13. The lowest BCUT2D eigenvalue weighted by Gasteiger charge is -2.12. The van der Waals surface area contributed by atoms with Crippen molar-refractivity contribution in [1.82, 2.24) is 0 Å². The van der Waals surface area contributed by atoms with Gasteiger partial charge in [-0.15, -0.1) is 0 Å². The molecule has 0 spiro atoms. The van der Waals surface area contributed by atoms with E-state index in [1.807, 2.05) is 24.3 Å². The van der Waals surface area contributed by atoms with E-state index in [1.54, 1.807) is 0 Å². The molecular weight excluding hydrogens is 242 g/mol. The van der Waals surface area contributed by atoms with Gasteiger partial charge in [0.15, 0.2) is 6.40 Å². The first-order chi connectivity index (χ1) is 6.86. The topological polar surface area (TPSA) is 21.6 Å². The van der Waals surface area contributed by atoms with E-state index in [-0.39, 0.29) is 0 Å². The SMILES string of the molecule is Brc1ccc2c3c(cccc13)N=CO2. The summed E-state index contributed by atoms with van der Waals surface area (Å²) in [6.45, 7) is 0. The number of halogens is 1. The first-order valence-corrected chi connectivity index (χ1v) is 5.06. The summed E-state index contributed by atoms with van der Waals surface area (Å²) in [6.07, 6.45) is 1.48. The van der Waals surface area contributed by atoms with Gasteiger partial charge >= 0.3 is 0 Å². The molecule has 0 atom stereocenters. The first-order valence-electron chi connectivity index (χ1n) is 4.27. The Balaban J connectivity index is 2.56. The molecule has 0 aliphatic carbocycles. The van der Waals surface area contributed by atoms with Crippen LogP contribution in [0.1, 0.15) is 0 Å². The number of benzene rings is 2. The summed E-state index contributed by atoms with van der Waals surface area (Å²) < 4.78 is 6.41. The van der Waals surface area contributed by atoms with Crippen molar-refractivity contribution in [3.05, 3.63) is 34.8 Å². The molecule has 0 saturated heterocycles. The zero-order valence-corrected chi connectivity index (χ0v) is 8.78. The maximum Gasteiger partial charge on any atom is 0.181 e. The molecule has 0 amide bonds. The maximum absolute atomic E-state index is 5.34. The standard InChI is InChI=1S/C11H6BrNO/c12-8-4-5-10-11-7(8)2-1-3-9(11)13-6-14-10/h1-6H. The van der Waals surface area contributed by atoms with Crippen LogP contribution in [-0.2, 0) is 0 Å². The average molecular weight is 248 g/mol. The van der Waals surface area contributed by atoms with Crippen molar-refractivity contribution in [3.63, 3.8) is 0 Å². The molecule has 14 heavy (non-hydrogen) atoms. The monoisotopic (exact) mass is 247 g/mol. The van der Waals surface area contributed by atoms with Crippen molar-refractivity contribution in [2.45, 2.75) is 0 Å². The summed E-state index contributed by atoms with van der Waals surface area (Å²) >= 11 is 3.51. The predicted molar refractivity (Wildman–Crippen MR) is 60.4 cm³/mol. The van der Waals surface area contributed by atoms with Gasteiger partial charge in [0.2, 0.25) is 0 Å². The van der Waals surface area contributed by atoms with Crippen LogP contribution in [0.4, 0.5) is 5.69 Å². The Hall–Kier alpha value is -1.35. The van der Waals surface area contributed by atoms with Crippen LogP contribution in [0.5, 0.6) is 5.75 Å². The molecule has 0 aromatic heterocycles. The molecule has 0 saturated carbocycles. The van der Waals surface area contributed by atoms with E-state index in [2.05, 4.69) is 27.0 Å². The second kappa shape index (κ2) is 2.82. The molecule has 3 heteroatoms. The van der Waals surface area contributed by atoms with Gasteiger partial charge in [0.25, 0.3) is 0 Å². The molecule has 0 unspecified atom stereocenters. The van der Waals surface area contributed by atoms with Crippen molar-refractivity contribution >= 4 is 38.8 Å². The van der Waals surface area contributed by atoms with Crippen molar-refractivity contribution in [3.8, 4) is 5.75 Å². The molecule has 0 radical (unpaired) electrons. The van der Waals surface area contributed by atoms with Crippen molar-refractivity contribution in [2.75, 3.05) is 0 Å². The van der Waals surface area contributed by atoms with Crippen LogP contribution in [0.25, 0.3) is 10.8 Å². The summed E-state index contributed by atoms with van der Waals surface area (Å²) in [5.41, 5.74) is 0.963.